The van der Waals surface area contributed by atoms with Crippen molar-refractivity contribution < 1.29 is 8.42 Å². The fraction of sp³-hybridized carbons (Fsp3) is 0.130. The van der Waals surface area contributed by atoms with Gasteiger partial charge < -0.3 is 0 Å². The van der Waals surface area contributed by atoms with Crippen LogP contribution < -0.4 is 4.31 Å². The highest BCUT2D eigenvalue weighted by molar-refractivity contribution is 7.92. The zero-order valence-corrected chi connectivity index (χ0v) is 15.9. The molecule has 0 unspecified atom stereocenters. The predicted molar refractivity (Wildman–Crippen MR) is 109 cm³/mol. The summed E-state index contributed by atoms with van der Waals surface area (Å²) in [5.41, 5.74) is 3.68. The van der Waals surface area contributed by atoms with Crippen molar-refractivity contribution >= 4 is 15.7 Å². The van der Waals surface area contributed by atoms with Crippen LogP contribution in [0.2, 0.25) is 0 Å². The largest absolute Gasteiger partial charge is 0.264 e. The molecule has 0 saturated carbocycles. The first kappa shape index (κ1) is 17.6. The Hall–Kier alpha value is -2.85. The van der Waals surface area contributed by atoms with Crippen molar-refractivity contribution in [2.45, 2.75) is 23.8 Å². The molecule has 0 fully saturated rings. The van der Waals surface area contributed by atoms with Crippen LogP contribution in [-0.2, 0) is 10.0 Å². The van der Waals surface area contributed by atoms with Crippen molar-refractivity contribution in [3.63, 3.8) is 0 Å². The third-order valence-corrected chi connectivity index (χ3v) is 6.91. The fourth-order valence-electron chi connectivity index (χ4n) is 3.79. The molecule has 2 atom stereocenters. The van der Waals surface area contributed by atoms with Gasteiger partial charge in [0.05, 0.1) is 16.6 Å². The molecule has 1 heterocycles. The standard InChI is InChI=1S/C23H21NO2S/c1-3-20-21-11-7-8-12-22(21)24(23(20)18-9-5-4-6-10-18)27(25,26)19-15-13-17(2)14-16-19/h3-16,20,23H,1H2,2H3/t20-,23+/m1/s1. The quantitative estimate of drug-likeness (QED) is 0.587. The average molecular weight is 375 g/mol. The molecule has 0 radical (unpaired) electrons. The van der Waals surface area contributed by atoms with Crippen LogP contribution >= 0.6 is 0 Å². The van der Waals surface area contributed by atoms with E-state index in [9.17, 15) is 8.42 Å². The molecule has 0 bridgehead atoms. The summed E-state index contributed by atoms with van der Waals surface area (Å²) in [5.74, 6) is -0.108. The minimum atomic E-state index is -3.72. The summed E-state index contributed by atoms with van der Waals surface area (Å²) < 4.78 is 28.9. The number of anilines is 1. The number of nitrogens with zero attached hydrogens (tertiary/aromatic N) is 1. The second-order valence-electron chi connectivity index (χ2n) is 6.79. The average Bonchev–Trinajstić information content (AvgIpc) is 3.04. The molecule has 1 aliphatic rings. The van der Waals surface area contributed by atoms with Crippen molar-refractivity contribution in [3.05, 3.63) is 108 Å². The van der Waals surface area contributed by atoms with Gasteiger partial charge in [-0.1, -0.05) is 72.3 Å². The van der Waals surface area contributed by atoms with Crippen LogP contribution in [0.1, 0.15) is 28.7 Å². The van der Waals surface area contributed by atoms with E-state index < -0.39 is 10.0 Å². The second kappa shape index (κ2) is 6.71. The van der Waals surface area contributed by atoms with Crippen LogP contribution in [0.3, 0.4) is 0 Å². The highest BCUT2D eigenvalue weighted by Crippen LogP contribution is 2.51. The predicted octanol–water partition coefficient (Wildman–Crippen LogP) is 5.21. The summed E-state index contributed by atoms with van der Waals surface area (Å²) in [6.07, 6.45) is 1.85. The summed E-state index contributed by atoms with van der Waals surface area (Å²) in [5, 5.41) is 0. The van der Waals surface area contributed by atoms with Gasteiger partial charge in [-0.05, 0) is 36.2 Å². The number of rotatable bonds is 4. The molecule has 0 amide bonds. The van der Waals surface area contributed by atoms with E-state index in [1.54, 1.807) is 16.4 Å². The van der Waals surface area contributed by atoms with Crippen LogP contribution in [0, 0.1) is 6.92 Å². The topological polar surface area (TPSA) is 37.4 Å². The molecule has 0 aliphatic carbocycles. The Balaban J connectivity index is 1.94. The van der Waals surface area contributed by atoms with Crippen molar-refractivity contribution in [1.29, 1.82) is 0 Å². The number of hydrogen-bond donors (Lipinski definition) is 0. The first-order valence-electron chi connectivity index (χ1n) is 8.91. The first-order valence-corrected chi connectivity index (χ1v) is 10.4. The third kappa shape index (κ3) is 2.86. The molecule has 136 valence electrons. The highest BCUT2D eigenvalue weighted by Gasteiger charge is 2.44. The van der Waals surface area contributed by atoms with Crippen molar-refractivity contribution in [3.8, 4) is 0 Å². The monoisotopic (exact) mass is 375 g/mol. The SMILES string of the molecule is C=C[C@@H]1c2ccccc2N(S(=O)(=O)c2ccc(C)cc2)[C@H]1c1ccccc1. The summed E-state index contributed by atoms with van der Waals surface area (Å²) in [6.45, 7) is 5.94. The van der Waals surface area contributed by atoms with Gasteiger partial charge in [0.25, 0.3) is 10.0 Å². The van der Waals surface area contributed by atoms with E-state index in [0.29, 0.717) is 4.90 Å². The Morgan fingerprint density at radius 2 is 1.52 bits per heavy atom. The number of fused-ring (bicyclic) bond motifs is 1. The van der Waals surface area contributed by atoms with Gasteiger partial charge in [0.2, 0.25) is 0 Å². The van der Waals surface area contributed by atoms with Crippen LogP contribution in [0.25, 0.3) is 0 Å². The number of para-hydroxylation sites is 1. The van der Waals surface area contributed by atoms with Crippen LogP contribution in [0.5, 0.6) is 0 Å². The van der Waals surface area contributed by atoms with Gasteiger partial charge in [0, 0.05) is 5.92 Å². The highest BCUT2D eigenvalue weighted by atomic mass is 32.2. The lowest BCUT2D eigenvalue weighted by Gasteiger charge is -2.29. The summed E-state index contributed by atoms with van der Waals surface area (Å²) >= 11 is 0. The van der Waals surface area contributed by atoms with E-state index in [1.165, 1.54) is 0 Å². The van der Waals surface area contributed by atoms with E-state index >= 15 is 0 Å². The first-order chi connectivity index (χ1) is 13.0. The van der Waals surface area contributed by atoms with Crippen molar-refractivity contribution in [2.75, 3.05) is 4.31 Å². The van der Waals surface area contributed by atoms with E-state index in [1.807, 2.05) is 79.7 Å². The third-order valence-electron chi connectivity index (χ3n) is 5.10. The lowest BCUT2D eigenvalue weighted by molar-refractivity contribution is 0.576. The van der Waals surface area contributed by atoms with Gasteiger partial charge in [-0.15, -0.1) is 6.58 Å². The molecule has 0 N–H and O–H groups in total. The molecule has 0 aromatic heterocycles. The van der Waals surface area contributed by atoms with E-state index in [-0.39, 0.29) is 12.0 Å². The second-order valence-corrected chi connectivity index (χ2v) is 8.60. The van der Waals surface area contributed by atoms with E-state index in [4.69, 9.17) is 0 Å². The number of benzene rings is 3. The number of sulfonamides is 1. The zero-order chi connectivity index (χ0) is 19.0. The smallest absolute Gasteiger partial charge is 0.258 e. The van der Waals surface area contributed by atoms with Gasteiger partial charge in [-0.2, -0.15) is 0 Å². The van der Waals surface area contributed by atoms with E-state index in [2.05, 4.69) is 6.58 Å². The lowest BCUT2D eigenvalue weighted by Crippen LogP contribution is -2.33. The maximum atomic E-state index is 13.6. The molecular weight excluding hydrogens is 354 g/mol. The molecule has 3 aromatic rings. The Kier molecular flexibility index (Phi) is 4.36. The van der Waals surface area contributed by atoms with Crippen LogP contribution in [0.4, 0.5) is 5.69 Å². The molecule has 27 heavy (non-hydrogen) atoms. The molecule has 4 rings (SSSR count). The molecule has 3 nitrogen and oxygen atoms in total. The maximum Gasteiger partial charge on any atom is 0.264 e. The van der Waals surface area contributed by atoms with E-state index in [0.717, 1.165) is 22.4 Å². The Morgan fingerprint density at radius 1 is 0.889 bits per heavy atom. The van der Waals surface area contributed by atoms with Crippen LogP contribution in [-0.4, -0.2) is 8.42 Å². The van der Waals surface area contributed by atoms with Crippen molar-refractivity contribution in [1.82, 2.24) is 0 Å². The maximum absolute atomic E-state index is 13.6. The summed E-state index contributed by atoms with van der Waals surface area (Å²) in [6, 6.07) is 24.1. The van der Waals surface area contributed by atoms with Gasteiger partial charge >= 0.3 is 0 Å². The number of aryl methyl sites for hydroxylation is 1. The van der Waals surface area contributed by atoms with Gasteiger partial charge in [0.15, 0.2) is 0 Å². The molecule has 0 spiro atoms. The Bertz CT molecular complexity index is 1070. The van der Waals surface area contributed by atoms with Gasteiger partial charge in [0.1, 0.15) is 0 Å². The molecular formula is C23H21NO2S. The minimum absolute atomic E-state index is 0.108. The zero-order valence-electron chi connectivity index (χ0n) is 15.1. The lowest BCUT2D eigenvalue weighted by atomic mass is 9.91. The minimum Gasteiger partial charge on any atom is -0.258 e. The summed E-state index contributed by atoms with van der Waals surface area (Å²) in [4.78, 5) is 0.300. The van der Waals surface area contributed by atoms with Gasteiger partial charge in [-0.3, -0.25) is 4.31 Å². The van der Waals surface area contributed by atoms with Crippen molar-refractivity contribution in [2.24, 2.45) is 0 Å². The van der Waals surface area contributed by atoms with Gasteiger partial charge in [-0.25, -0.2) is 8.42 Å². The van der Waals surface area contributed by atoms with Crippen LogP contribution in [0.15, 0.2) is 96.4 Å². The number of hydrogen-bond acceptors (Lipinski definition) is 2. The fourth-order valence-corrected chi connectivity index (χ4v) is 5.47. The molecule has 1 aliphatic heterocycles. The Labute approximate surface area is 160 Å². The molecule has 4 heteroatoms. The molecule has 0 saturated heterocycles. The molecule has 3 aromatic carbocycles. The summed E-state index contributed by atoms with van der Waals surface area (Å²) in [7, 11) is -3.72. The Morgan fingerprint density at radius 3 is 2.19 bits per heavy atom. The normalized spacial score (nSPS) is 18.9.